The number of ketones is 1. The summed E-state index contributed by atoms with van der Waals surface area (Å²) in [6.45, 7) is 7.09. The molecule has 6 heteroatoms. The van der Waals surface area contributed by atoms with Crippen molar-refractivity contribution in [3.05, 3.63) is 17.7 Å². The third kappa shape index (κ3) is 2.11. The van der Waals surface area contributed by atoms with Crippen molar-refractivity contribution in [1.82, 2.24) is 15.0 Å². The third-order valence-electron chi connectivity index (χ3n) is 2.17. The molecule has 0 unspecified atom stereocenters. The van der Waals surface area contributed by atoms with Crippen LogP contribution < -0.4 is 11.3 Å². The summed E-state index contributed by atoms with van der Waals surface area (Å²) in [5.74, 6) is 4.31. The molecular weight excluding hydrogens is 208 g/mol. The largest absolute Gasteiger partial charge is 0.321 e. The maximum absolute atomic E-state index is 11.6. The first kappa shape index (κ1) is 12.4. The highest BCUT2D eigenvalue weighted by Crippen LogP contribution is 2.19. The molecule has 0 aliphatic carbocycles. The van der Waals surface area contributed by atoms with Crippen LogP contribution in [0.15, 0.2) is 6.33 Å². The summed E-state index contributed by atoms with van der Waals surface area (Å²) in [6.07, 6.45) is 1.47. The number of Topliss-reactive ketones (excluding diaryl/α,β-unsaturated/α-hetero) is 1. The van der Waals surface area contributed by atoms with Gasteiger partial charge in [-0.3, -0.25) is 15.0 Å². The van der Waals surface area contributed by atoms with Crippen LogP contribution in [-0.2, 0) is 5.54 Å². The van der Waals surface area contributed by atoms with Gasteiger partial charge in [-0.05, 0) is 20.8 Å². The van der Waals surface area contributed by atoms with Gasteiger partial charge in [0, 0.05) is 12.5 Å². The Balaban J connectivity index is 3.43. The van der Waals surface area contributed by atoms with E-state index in [2.05, 4.69) is 4.98 Å². The zero-order valence-electron chi connectivity index (χ0n) is 9.87. The SMILES string of the molecule is CC(=O)c1ncn(C(C)(C)C)c1C(=O)NN. The van der Waals surface area contributed by atoms with E-state index in [1.54, 1.807) is 4.57 Å². The molecule has 3 N–H and O–H groups in total. The minimum atomic E-state index is -0.516. The first-order valence-electron chi connectivity index (χ1n) is 4.88. The molecule has 0 aliphatic rings. The topological polar surface area (TPSA) is 90.0 Å². The number of carbonyl (C=O) groups is 2. The van der Waals surface area contributed by atoms with Crippen LogP contribution in [0.25, 0.3) is 0 Å². The fourth-order valence-corrected chi connectivity index (χ4v) is 1.40. The normalized spacial score (nSPS) is 11.3. The first-order valence-corrected chi connectivity index (χ1v) is 4.88. The Bertz CT molecular complexity index is 429. The van der Waals surface area contributed by atoms with E-state index < -0.39 is 5.91 Å². The monoisotopic (exact) mass is 224 g/mol. The van der Waals surface area contributed by atoms with Crippen LogP contribution in [-0.4, -0.2) is 21.2 Å². The summed E-state index contributed by atoms with van der Waals surface area (Å²) < 4.78 is 1.63. The van der Waals surface area contributed by atoms with E-state index in [0.29, 0.717) is 0 Å². The van der Waals surface area contributed by atoms with E-state index in [1.807, 2.05) is 26.2 Å². The Hall–Kier alpha value is -1.69. The minimum absolute atomic E-state index is 0.137. The lowest BCUT2D eigenvalue weighted by Crippen LogP contribution is -2.36. The van der Waals surface area contributed by atoms with E-state index in [0.717, 1.165) is 0 Å². The average molecular weight is 224 g/mol. The van der Waals surface area contributed by atoms with Crippen molar-refractivity contribution in [2.45, 2.75) is 33.2 Å². The third-order valence-corrected chi connectivity index (χ3v) is 2.17. The number of nitrogens with zero attached hydrogens (tertiary/aromatic N) is 2. The molecule has 0 aromatic carbocycles. The van der Waals surface area contributed by atoms with Crippen LogP contribution in [0, 0.1) is 0 Å². The van der Waals surface area contributed by atoms with Crippen LogP contribution in [0.5, 0.6) is 0 Å². The molecule has 1 amide bonds. The first-order chi connectivity index (χ1) is 7.29. The van der Waals surface area contributed by atoms with Crippen molar-refractivity contribution in [1.29, 1.82) is 0 Å². The number of aromatic nitrogens is 2. The molecule has 0 saturated carbocycles. The van der Waals surface area contributed by atoms with Gasteiger partial charge in [-0.2, -0.15) is 0 Å². The maximum Gasteiger partial charge on any atom is 0.284 e. The van der Waals surface area contributed by atoms with Gasteiger partial charge < -0.3 is 4.57 Å². The number of hydrogen-bond acceptors (Lipinski definition) is 4. The van der Waals surface area contributed by atoms with Gasteiger partial charge in [-0.15, -0.1) is 0 Å². The van der Waals surface area contributed by atoms with Gasteiger partial charge in [0.1, 0.15) is 11.4 Å². The fourth-order valence-electron chi connectivity index (χ4n) is 1.40. The molecule has 16 heavy (non-hydrogen) atoms. The molecule has 0 saturated heterocycles. The van der Waals surface area contributed by atoms with Crippen LogP contribution in [0.4, 0.5) is 0 Å². The van der Waals surface area contributed by atoms with Crippen molar-refractivity contribution < 1.29 is 9.59 Å². The van der Waals surface area contributed by atoms with Crippen molar-refractivity contribution in [3.63, 3.8) is 0 Å². The molecule has 6 nitrogen and oxygen atoms in total. The van der Waals surface area contributed by atoms with E-state index in [-0.39, 0.29) is 22.7 Å². The summed E-state index contributed by atoms with van der Waals surface area (Å²) in [4.78, 5) is 26.9. The van der Waals surface area contributed by atoms with Crippen LogP contribution in [0.3, 0.4) is 0 Å². The second-order valence-electron chi connectivity index (χ2n) is 4.51. The van der Waals surface area contributed by atoms with E-state index in [4.69, 9.17) is 5.84 Å². The zero-order chi connectivity index (χ0) is 12.5. The van der Waals surface area contributed by atoms with Crippen LogP contribution in [0.1, 0.15) is 48.7 Å². The van der Waals surface area contributed by atoms with E-state index >= 15 is 0 Å². The lowest BCUT2D eigenvalue weighted by Gasteiger charge is -2.23. The number of amides is 1. The smallest absolute Gasteiger partial charge is 0.284 e. The van der Waals surface area contributed by atoms with Crippen LogP contribution >= 0.6 is 0 Å². The van der Waals surface area contributed by atoms with Crippen molar-refractivity contribution in [2.75, 3.05) is 0 Å². The molecule has 1 aromatic rings. The van der Waals surface area contributed by atoms with Crippen LogP contribution in [0.2, 0.25) is 0 Å². The summed E-state index contributed by atoms with van der Waals surface area (Å²) in [5.41, 5.74) is 2.01. The van der Waals surface area contributed by atoms with Gasteiger partial charge in [0.25, 0.3) is 5.91 Å². The maximum atomic E-state index is 11.6. The molecule has 1 aromatic heterocycles. The standard InChI is InChI=1S/C10H16N4O2/c1-6(15)7-8(9(16)13-11)14(5-12-7)10(2,3)4/h5H,11H2,1-4H3,(H,13,16). The molecule has 1 rings (SSSR count). The number of nitrogens with two attached hydrogens (primary N) is 1. The number of hydrogen-bond donors (Lipinski definition) is 2. The molecule has 0 atom stereocenters. The molecule has 88 valence electrons. The van der Waals surface area contributed by atoms with E-state index in [1.165, 1.54) is 13.3 Å². The predicted molar refractivity (Wildman–Crippen MR) is 58.9 cm³/mol. The molecule has 0 fully saturated rings. The molecule has 0 spiro atoms. The molecule has 0 bridgehead atoms. The fraction of sp³-hybridized carbons (Fsp3) is 0.500. The van der Waals surface area contributed by atoms with Crippen molar-refractivity contribution in [3.8, 4) is 0 Å². The minimum Gasteiger partial charge on any atom is -0.321 e. The molecule has 0 aliphatic heterocycles. The number of carbonyl (C=O) groups excluding carboxylic acids is 2. The Kier molecular flexibility index (Phi) is 3.14. The number of rotatable bonds is 2. The summed E-state index contributed by atoms with van der Waals surface area (Å²) >= 11 is 0. The number of imidazole rings is 1. The number of nitrogens with one attached hydrogen (secondary N) is 1. The second-order valence-corrected chi connectivity index (χ2v) is 4.51. The highest BCUT2D eigenvalue weighted by atomic mass is 16.2. The van der Waals surface area contributed by atoms with Crippen molar-refractivity contribution in [2.24, 2.45) is 5.84 Å². The molecule has 0 radical (unpaired) electrons. The van der Waals surface area contributed by atoms with E-state index in [9.17, 15) is 9.59 Å². The zero-order valence-corrected chi connectivity index (χ0v) is 9.87. The van der Waals surface area contributed by atoms with Gasteiger partial charge in [0.15, 0.2) is 5.78 Å². The highest BCUT2D eigenvalue weighted by molar-refractivity contribution is 6.04. The Morgan fingerprint density at radius 1 is 1.44 bits per heavy atom. The highest BCUT2D eigenvalue weighted by Gasteiger charge is 2.26. The molecular formula is C10H16N4O2. The summed E-state index contributed by atoms with van der Waals surface area (Å²) in [6, 6.07) is 0. The lowest BCUT2D eigenvalue weighted by molar-refractivity contribution is 0.0923. The quantitative estimate of drug-likeness (QED) is 0.330. The Labute approximate surface area is 93.8 Å². The summed E-state index contributed by atoms with van der Waals surface area (Å²) in [7, 11) is 0. The van der Waals surface area contributed by atoms with Gasteiger partial charge >= 0.3 is 0 Å². The Morgan fingerprint density at radius 2 is 2.00 bits per heavy atom. The average Bonchev–Trinajstić information content (AvgIpc) is 2.59. The van der Waals surface area contributed by atoms with Gasteiger partial charge in [-0.25, -0.2) is 10.8 Å². The van der Waals surface area contributed by atoms with Gasteiger partial charge in [0.05, 0.1) is 6.33 Å². The number of hydrazine groups is 1. The van der Waals surface area contributed by atoms with Gasteiger partial charge in [0.2, 0.25) is 0 Å². The predicted octanol–water partition coefficient (Wildman–Crippen LogP) is 0.444. The molecule has 1 heterocycles. The van der Waals surface area contributed by atoms with Gasteiger partial charge in [-0.1, -0.05) is 0 Å². The lowest BCUT2D eigenvalue weighted by atomic mass is 10.1. The summed E-state index contributed by atoms with van der Waals surface area (Å²) in [5, 5.41) is 0. The van der Waals surface area contributed by atoms with Crippen molar-refractivity contribution >= 4 is 11.7 Å². The Morgan fingerprint density at radius 3 is 2.38 bits per heavy atom. The number of nitrogen functional groups attached to an aromatic ring is 1. The second kappa shape index (κ2) is 4.05.